The van der Waals surface area contributed by atoms with Gasteiger partial charge in [0.05, 0.1) is 0 Å². The summed E-state index contributed by atoms with van der Waals surface area (Å²) in [4.78, 5) is 15.8. The van der Waals surface area contributed by atoms with Crippen molar-refractivity contribution in [2.75, 3.05) is 6.54 Å². The lowest BCUT2D eigenvalue weighted by atomic mass is 9.81. The van der Waals surface area contributed by atoms with E-state index in [1.807, 2.05) is 0 Å². The molecule has 1 fully saturated rings. The normalized spacial score (nSPS) is 23.1. The second-order valence-corrected chi connectivity index (χ2v) is 5.94. The maximum absolute atomic E-state index is 11.9. The van der Waals surface area contributed by atoms with E-state index in [1.165, 1.54) is 25.7 Å². The number of nitrogens with one attached hydrogen (secondary N) is 1. The number of aromatic nitrogens is 1. The van der Waals surface area contributed by atoms with Crippen LogP contribution in [0.2, 0.25) is 5.15 Å². The van der Waals surface area contributed by atoms with Crippen LogP contribution >= 0.6 is 11.6 Å². The number of pyridine rings is 1. The van der Waals surface area contributed by atoms with Gasteiger partial charge in [0, 0.05) is 18.3 Å². The van der Waals surface area contributed by atoms with Crippen molar-refractivity contribution in [3.8, 4) is 0 Å². The van der Waals surface area contributed by atoms with Crippen LogP contribution in [0.3, 0.4) is 0 Å². The lowest BCUT2D eigenvalue weighted by Crippen LogP contribution is -2.27. The molecule has 1 heterocycles. The molecule has 0 bridgehead atoms. The summed E-state index contributed by atoms with van der Waals surface area (Å²) < 4.78 is 0. The second-order valence-electron chi connectivity index (χ2n) is 5.55. The van der Waals surface area contributed by atoms with Gasteiger partial charge in [0.15, 0.2) is 0 Å². The summed E-state index contributed by atoms with van der Waals surface area (Å²) in [5.74, 6) is 1.55. The van der Waals surface area contributed by atoms with Crippen LogP contribution in [0.5, 0.6) is 0 Å². The van der Waals surface area contributed by atoms with Crippen LogP contribution in [0, 0.1) is 11.8 Å². The third-order valence-corrected chi connectivity index (χ3v) is 4.08. The Labute approximate surface area is 119 Å². The standard InChI is InChI=1S/C15H21ClN2O/c1-11-3-2-4-12(9-11)5-7-18-15(19)13-6-8-17-14(16)10-13/h6,8,10-12H,2-5,7,9H2,1H3,(H,18,19). The van der Waals surface area contributed by atoms with E-state index in [-0.39, 0.29) is 5.91 Å². The number of hydrogen-bond donors (Lipinski definition) is 1. The molecule has 3 nitrogen and oxygen atoms in total. The van der Waals surface area contributed by atoms with E-state index in [9.17, 15) is 4.79 Å². The Morgan fingerprint density at radius 3 is 3.11 bits per heavy atom. The lowest BCUT2D eigenvalue weighted by Gasteiger charge is -2.26. The number of carbonyl (C=O) groups is 1. The molecule has 0 radical (unpaired) electrons. The van der Waals surface area contributed by atoms with E-state index < -0.39 is 0 Å². The monoisotopic (exact) mass is 280 g/mol. The molecular weight excluding hydrogens is 260 g/mol. The Balaban J connectivity index is 1.75. The number of carbonyl (C=O) groups excluding carboxylic acids is 1. The van der Waals surface area contributed by atoms with Gasteiger partial charge in [-0.2, -0.15) is 0 Å². The Bertz CT molecular complexity index is 436. The van der Waals surface area contributed by atoms with Crippen LogP contribution in [0.25, 0.3) is 0 Å². The first-order valence-corrected chi connectivity index (χ1v) is 7.42. The Morgan fingerprint density at radius 1 is 1.53 bits per heavy atom. The highest BCUT2D eigenvalue weighted by Gasteiger charge is 2.18. The SMILES string of the molecule is CC1CCCC(CCNC(=O)c2ccnc(Cl)c2)C1. The van der Waals surface area contributed by atoms with E-state index in [2.05, 4.69) is 17.2 Å². The van der Waals surface area contributed by atoms with Gasteiger partial charge in [0.1, 0.15) is 5.15 Å². The van der Waals surface area contributed by atoms with Crippen molar-refractivity contribution in [2.45, 2.75) is 39.0 Å². The second kappa shape index (κ2) is 6.90. The zero-order chi connectivity index (χ0) is 13.7. The van der Waals surface area contributed by atoms with Gasteiger partial charge >= 0.3 is 0 Å². The maximum atomic E-state index is 11.9. The highest BCUT2D eigenvalue weighted by molar-refractivity contribution is 6.29. The summed E-state index contributed by atoms with van der Waals surface area (Å²) in [6.45, 7) is 3.07. The summed E-state index contributed by atoms with van der Waals surface area (Å²) in [7, 11) is 0. The number of halogens is 1. The predicted molar refractivity (Wildman–Crippen MR) is 77.3 cm³/mol. The van der Waals surface area contributed by atoms with Crippen LogP contribution in [-0.4, -0.2) is 17.4 Å². The molecule has 104 valence electrons. The fourth-order valence-corrected chi connectivity index (χ4v) is 3.03. The molecule has 1 saturated carbocycles. The van der Waals surface area contributed by atoms with Gasteiger partial charge in [-0.05, 0) is 36.8 Å². The van der Waals surface area contributed by atoms with Gasteiger partial charge in [0.2, 0.25) is 0 Å². The summed E-state index contributed by atoms with van der Waals surface area (Å²) in [6, 6.07) is 3.28. The van der Waals surface area contributed by atoms with E-state index in [4.69, 9.17) is 11.6 Å². The van der Waals surface area contributed by atoms with Crippen molar-refractivity contribution in [2.24, 2.45) is 11.8 Å². The van der Waals surface area contributed by atoms with Crippen LogP contribution in [0.4, 0.5) is 0 Å². The fourth-order valence-electron chi connectivity index (χ4n) is 2.86. The van der Waals surface area contributed by atoms with Crippen molar-refractivity contribution in [1.82, 2.24) is 10.3 Å². The fraction of sp³-hybridized carbons (Fsp3) is 0.600. The first-order valence-electron chi connectivity index (χ1n) is 7.05. The zero-order valence-electron chi connectivity index (χ0n) is 11.4. The van der Waals surface area contributed by atoms with Gasteiger partial charge in [0.25, 0.3) is 5.91 Å². The van der Waals surface area contributed by atoms with Crippen LogP contribution in [0.1, 0.15) is 49.4 Å². The highest BCUT2D eigenvalue weighted by atomic mass is 35.5. The molecule has 1 aliphatic rings. The summed E-state index contributed by atoms with van der Waals surface area (Å²) in [6.07, 6.45) is 7.94. The molecule has 1 amide bonds. The Hall–Kier alpha value is -1.09. The molecule has 4 heteroatoms. The quantitative estimate of drug-likeness (QED) is 0.855. The number of rotatable bonds is 4. The third-order valence-electron chi connectivity index (χ3n) is 3.87. The molecule has 0 aromatic carbocycles. The van der Waals surface area contributed by atoms with Crippen molar-refractivity contribution in [3.63, 3.8) is 0 Å². The number of amides is 1. The van der Waals surface area contributed by atoms with Crippen molar-refractivity contribution in [3.05, 3.63) is 29.0 Å². The molecule has 2 rings (SSSR count). The van der Waals surface area contributed by atoms with E-state index >= 15 is 0 Å². The van der Waals surface area contributed by atoms with Crippen molar-refractivity contribution in [1.29, 1.82) is 0 Å². The third kappa shape index (κ3) is 4.50. The minimum Gasteiger partial charge on any atom is -0.352 e. The summed E-state index contributed by atoms with van der Waals surface area (Å²) in [5, 5.41) is 3.32. The minimum absolute atomic E-state index is 0.0619. The first-order chi connectivity index (χ1) is 9.15. The molecule has 1 N–H and O–H groups in total. The minimum atomic E-state index is -0.0619. The lowest BCUT2D eigenvalue weighted by molar-refractivity contribution is 0.0949. The van der Waals surface area contributed by atoms with Crippen molar-refractivity contribution < 1.29 is 4.79 Å². The summed E-state index contributed by atoms with van der Waals surface area (Å²) >= 11 is 5.77. The Kier molecular flexibility index (Phi) is 5.20. The smallest absolute Gasteiger partial charge is 0.251 e. The van der Waals surface area contributed by atoms with Gasteiger partial charge in [-0.1, -0.05) is 37.8 Å². The van der Waals surface area contributed by atoms with Gasteiger partial charge in [-0.3, -0.25) is 4.79 Å². The molecule has 1 aliphatic carbocycles. The average Bonchev–Trinajstić information content (AvgIpc) is 2.38. The van der Waals surface area contributed by atoms with Gasteiger partial charge < -0.3 is 5.32 Å². The number of nitrogens with zero attached hydrogens (tertiary/aromatic N) is 1. The topological polar surface area (TPSA) is 42.0 Å². The molecular formula is C15H21ClN2O. The van der Waals surface area contributed by atoms with Crippen LogP contribution in [0.15, 0.2) is 18.3 Å². The highest BCUT2D eigenvalue weighted by Crippen LogP contribution is 2.30. The predicted octanol–water partition coefficient (Wildman–Crippen LogP) is 3.68. The first kappa shape index (κ1) is 14.3. The van der Waals surface area contributed by atoms with Crippen LogP contribution < -0.4 is 5.32 Å². The van der Waals surface area contributed by atoms with E-state index in [0.717, 1.165) is 24.8 Å². The Morgan fingerprint density at radius 2 is 2.37 bits per heavy atom. The maximum Gasteiger partial charge on any atom is 0.251 e. The van der Waals surface area contributed by atoms with Crippen LogP contribution in [-0.2, 0) is 0 Å². The molecule has 1 aromatic rings. The molecule has 0 aliphatic heterocycles. The molecule has 0 spiro atoms. The molecule has 0 saturated heterocycles. The molecule has 1 aromatic heterocycles. The van der Waals surface area contributed by atoms with E-state index in [0.29, 0.717) is 10.7 Å². The summed E-state index contributed by atoms with van der Waals surface area (Å²) in [5.41, 5.74) is 0.581. The van der Waals surface area contributed by atoms with Crippen molar-refractivity contribution >= 4 is 17.5 Å². The molecule has 2 unspecified atom stereocenters. The largest absolute Gasteiger partial charge is 0.352 e. The molecule has 19 heavy (non-hydrogen) atoms. The van der Waals surface area contributed by atoms with E-state index in [1.54, 1.807) is 18.3 Å². The number of hydrogen-bond acceptors (Lipinski definition) is 2. The van der Waals surface area contributed by atoms with Gasteiger partial charge in [-0.15, -0.1) is 0 Å². The average molecular weight is 281 g/mol. The van der Waals surface area contributed by atoms with Gasteiger partial charge in [-0.25, -0.2) is 4.98 Å². The molecule has 2 atom stereocenters. The zero-order valence-corrected chi connectivity index (χ0v) is 12.1.